The number of carboxylic acids is 1. The van der Waals surface area contributed by atoms with Gasteiger partial charge in [0, 0.05) is 12.6 Å². The highest BCUT2D eigenvalue weighted by molar-refractivity contribution is 5.87. The average Bonchev–Trinajstić information content (AvgIpc) is 2.79. The zero-order chi connectivity index (χ0) is 15.6. The van der Waals surface area contributed by atoms with Crippen LogP contribution in [0.1, 0.15) is 20.3 Å². The Balaban J connectivity index is 2.07. The molecule has 3 atom stereocenters. The Morgan fingerprint density at radius 3 is 2.81 bits per heavy atom. The van der Waals surface area contributed by atoms with Gasteiger partial charge in [0.2, 0.25) is 0 Å². The Kier molecular flexibility index (Phi) is 4.45. The Labute approximate surface area is 122 Å². The number of hydrogen-bond donors (Lipinski definition) is 1. The van der Waals surface area contributed by atoms with E-state index in [9.17, 15) is 19.1 Å². The van der Waals surface area contributed by atoms with E-state index in [0.29, 0.717) is 13.0 Å². The Bertz CT molecular complexity index is 548. The molecule has 0 radical (unpaired) electrons. The van der Waals surface area contributed by atoms with Crippen LogP contribution in [-0.4, -0.2) is 40.6 Å². The van der Waals surface area contributed by atoms with Gasteiger partial charge in [-0.2, -0.15) is 0 Å². The van der Waals surface area contributed by atoms with Crippen LogP contribution >= 0.6 is 0 Å². The zero-order valence-electron chi connectivity index (χ0n) is 12.0. The van der Waals surface area contributed by atoms with Crippen molar-refractivity contribution in [1.29, 1.82) is 0 Å². The van der Waals surface area contributed by atoms with Gasteiger partial charge >= 0.3 is 5.97 Å². The summed E-state index contributed by atoms with van der Waals surface area (Å²) >= 11 is 0. The predicted octanol–water partition coefficient (Wildman–Crippen LogP) is 1.91. The third-order valence-electron chi connectivity index (χ3n) is 3.69. The first kappa shape index (κ1) is 15.3. The molecule has 5 nitrogen and oxygen atoms in total. The lowest BCUT2D eigenvalue weighted by Crippen LogP contribution is -2.47. The van der Waals surface area contributed by atoms with E-state index in [1.165, 1.54) is 30.0 Å². The van der Waals surface area contributed by atoms with Crippen molar-refractivity contribution in [1.82, 2.24) is 4.90 Å². The van der Waals surface area contributed by atoms with Crippen LogP contribution in [0.15, 0.2) is 24.3 Å². The van der Waals surface area contributed by atoms with E-state index in [2.05, 4.69) is 0 Å². The average molecular weight is 295 g/mol. The van der Waals surface area contributed by atoms with Gasteiger partial charge in [-0.25, -0.2) is 9.18 Å². The molecule has 1 aliphatic heterocycles. The molecule has 1 aliphatic rings. The predicted molar refractivity (Wildman–Crippen MR) is 73.4 cm³/mol. The lowest BCUT2D eigenvalue weighted by Gasteiger charge is -2.26. The third-order valence-corrected chi connectivity index (χ3v) is 3.69. The molecule has 2 rings (SSSR count). The van der Waals surface area contributed by atoms with E-state index < -0.39 is 29.8 Å². The number of benzene rings is 1. The Morgan fingerprint density at radius 2 is 2.19 bits per heavy atom. The summed E-state index contributed by atoms with van der Waals surface area (Å²) in [6, 6.07) is 4.68. The molecule has 1 N–H and O–H groups in total. The number of carbonyl (C=O) groups excluding carboxylic acids is 1. The minimum Gasteiger partial charge on any atom is -0.481 e. The number of nitrogens with zero attached hydrogens (tertiary/aromatic N) is 1. The monoisotopic (exact) mass is 295 g/mol. The largest absolute Gasteiger partial charge is 0.481 e. The molecule has 3 unspecified atom stereocenters. The minimum absolute atomic E-state index is 0.0900. The molecule has 0 saturated carbocycles. The van der Waals surface area contributed by atoms with Gasteiger partial charge < -0.3 is 14.7 Å². The second-order valence-electron chi connectivity index (χ2n) is 5.30. The van der Waals surface area contributed by atoms with E-state index in [4.69, 9.17) is 4.74 Å². The van der Waals surface area contributed by atoms with Crippen LogP contribution in [0, 0.1) is 11.7 Å². The van der Waals surface area contributed by atoms with Crippen molar-refractivity contribution in [3.05, 3.63) is 30.1 Å². The Morgan fingerprint density at radius 1 is 1.48 bits per heavy atom. The molecule has 1 saturated heterocycles. The van der Waals surface area contributed by atoms with E-state index in [1.54, 1.807) is 6.07 Å². The smallest absolute Gasteiger partial charge is 0.326 e. The summed E-state index contributed by atoms with van der Waals surface area (Å²) in [4.78, 5) is 24.9. The summed E-state index contributed by atoms with van der Waals surface area (Å²) in [6.45, 7) is 3.74. The van der Waals surface area contributed by atoms with Crippen LogP contribution in [0.2, 0.25) is 0 Å². The number of halogens is 1. The lowest BCUT2D eigenvalue weighted by atomic mass is 10.0. The standard InChI is InChI=1S/C15H18FNO4/c1-9-6-7-17(13(9)15(19)20)14(18)10(2)21-12-5-3-4-11(16)8-12/h3-5,8-10,13H,6-7H2,1-2H3,(H,19,20). The quantitative estimate of drug-likeness (QED) is 0.921. The van der Waals surface area contributed by atoms with Crippen LogP contribution < -0.4 is 4.74 Å². The van der Waals surface area contributed by atoms with Crippen molar-refractivity contribution in [2.45, 2.75) is 32.4 Å². The number of hydrogen-bond acceptors (Lipinski definition) is 3. The number of carbonyl (C=O) groups is 2. The summed E-state index contributed by atoms with van der Waals surface area (Å²) in [6.07, 6.45) is -0.214. The molecule has 21 heavy (non-hydrogen) atoms. The van der Waals surface area contributed by atoms with E-state index >= 15 is 0 Å². The van der Waals surface area contributed by atoms with E-state index in [-0.39, 0.29) is 11.7 Å². The molecule has 0 aromatic heterocycles. The lowest BCUT2D eigenvalue weighted by molar-refractivity contribution is -0.152. The molecule has 1 aromatic rings. The molecule has 1 fully saturated rings. The summed E-state index contributed by atoms with van der Waals surface area (Å²) in [5, 5.41) is 9.23. The second-order valence-corrected chi connectivity index (χ2v) is 5.30. The fraction of sp³-hybridized carbons (Fsp3) is 0.467. The van der Waals surface area contributed by atoms with Crippen molar-refractivity contribution in [3.63, 3.8) is 0 Å². The third kappa shape index (κ3) is 3.32. The number of rotatable bonds is 4. The number of amides is 1. The first-order chi connectivity index (χ1) is 9.90. The van der Waals surface area contributed by atoms with Crippen molar-refractivity contribution < 1.29 is 23.8 Å². The highest BCUT2D eigenvalue weighted by Crippen LogP contribution is 2.25. The van der Waals surface area contributed by atoms with Crippen LogP contribution in [-0.2, 0) is 9.59 Å². The summed E-state index contributed by atoms with van der Waals surface area (Å²) in [5.74, 6) is -1.70. The normalized spacial score (nSPS) is 22.9. The maximum absolute atomic E-state index is 13.1. The number of likely N-dealkylation sites (tertiary alicyclic amines) is 1. The second kappa shape index (κ2) is 6.11. The van der Waals surface area contributed by atoms with Gasteiger partial charge in [-0.15, -0.1) is 0 Å². The van der Waals surface area contributed by atoms with E-state index in [1.807, 2.05) is 6.92 Å². The molecule has 1 amide bonds. The molecule has 114 valence electrons. The van der Waals surface area contributed by atoms with Crippen LogP contribution in [0.25, 0.3) is 0 Å². The number of ether oxygens (including phenoxy) is 1. The fourth-order valence-electron chi connectivity index (χ4n) is 2.60. The molecule has 1 aromatic carbocycles. The highest BCUT2D eigenvalue weighted by Gasteiger charge is 2.41. The SMILES string of the molecule is CC(Oc1cccc(F)c1)C(=O)N1CCC(C)C1C(=O)O. The molecule has 1 heterocycles. The van der Waals surface area contributed by atoms with Crippen LogP contribution in [0.5, 0.6) is 5.75 Å². The van der Waals surface area contributed by atoms with E-state index in [0.717, 1.165) is 0 Å². The first-order valence-corrected chi connectivity index (χ1v) is 6.85. The molecule has 0 bridgehead atoms. The first-order valence-electron chi connectivity index (χ1n) is 6.85. The molecule has 6 heteroatoms. The topological polar surface area (TPSA) is 66.8 Å². The molecular formula is C15H18FNO4. The van der Waals surface area contributed by atoms with Crippen molar-refractivity contribution in [2.75, 3.05) is 6.54 Å². The van der Waals surface area contributed by atoms with Crippen molar-refractivity contribution in [3.8, 4) is 5.75 Å². The maximum atomic E-state index is 13.1. The molecule has 0 spiro atoms. The molecule has 0 aliphatic carbocycles. The number of aliphatic carboxylic acids is 1. The van der Waals surface area contributed by atoms with Gasteiger partial charge in [-0.1, -0.05) is 13.0 Å². The van der Waals surface area contributed by atoms with Gasteiger partial charge in [0.05, 0.1) is 0 Å². The maximum Gasteiger partial charge on any atom is 0.326 e. The molecular weight excluding hydrogens is 277 g/mol. The summed E-state index contributed by atoms with van der Waals surface area (Å²) in [7, 11) is 0. The van der Waals surface area contributed by atoms with Crippen LogP contribution in [0.4, 0.5) is 4.39 Å². The zero-order valence-corrected chi connectivity index (χ0v) is 12.0. The highest BCUT2D eigenvalue weighted by atomic mass is 19.1. The van der Waals surface area contributed by atoms with Crippen LogP contribution in [0.3, 0.4) is 0 Å². The van der Waals surface area contributed by atoms with Crippen molar-refractivity contribution >= 4 is 11.9 Å². The van der Waals surface area contributed by atoms with Gasteiger partial charge in [0.1, 0.15) is 17.6 Å². The minimum atomic E-state index is -1.01. The van der Waals surface area contributed by atoms with Gasteiger partial charge in [0.25, 0.3) is 5.91 Å². The van der Waals surface area contributed by atoms with Crippen molar-refractivity contribution in [2.24, 2.45) is 5.92 Å². The number of carboxylic acid groups (broad SMARTS) is 1. The Hall–Kier alpha value is -2.11. The van der Waals surface area contributed by atoms with Gasteiger partial charge in [-0.3, -0.25) is 4.79 Å². The van der Waals surface area contributed by atoms with Gasteiger partial charge in [-0.05, 0) is 31.4 Å². The summed E-state index contributed by atoms with van der Waals surface area (Å²) < 4.78 is 18.5. The summed E-state index contributed by atoms with van der Waals surface area (Å²) in [5.41, 5.74) is 0. The fourth-order valence-corrected chi connectivity index (χ4v) is 2.60. The van der Waals surface area contributed by atoms with Gasteiger partial charge in [0.15, 0.2) is 6.10 Å².